The fraction of sp³-hybridized carbons (Fsp3) is 0.300. The quantitative estimate of drug-likeness (QED) is 0.348. The molecule has 0 saturated carbocycles. The molecule has 6 rings (SSSR count). The van der Waals surface area contributed by atoms with Gasteiger partial charge in [0.1, 0.15) is 10.8 Å². The normalized spacial score (nSPS) is 16.5. The van der Waals surface area contributed by atoms with E-state index >= 15 is 0 Å². The molecule has 1 atom stereocenters. The smallest absolute Gasteiger partial charge is 0.318 e. The molecule has 1 N–H and O–H groups in total. The zero-order chi connectivity index (χ0) is 24.6. The molecule has 1 aliphatic heterocycles. The molecule has 2 aliphatic rings. The van der Waals surface area contributed by atoms with Gasteiger partial charge < -0.3 is 19.5 Å². The van der Waals surface area contributed by atoms with Crippen molar-refractivity contribution in [2.45, 2.75) is 51.7 Å². The number of aryl methyl sites for hydroxylation is 2. The number of hydrogen-bond donors (Lipinski definition) is 1. The number of thiophene rings is 1. The van der Waals surface area contributed by atoms with Crippen molar-refractivity contribution >= 4 is 17.4 Å². The number of amides is 2. The lowest BCUT2D eigenvalue weighted by Gasteiger charge is -2.31. The molecule has 0 fully saturated rings. The number of hydrogen-bond acceptors (Lipinski definition) is 3. The number of carbonyl (C=O) groups is 1. The molecule has 36 heavy (non-hydrogen) atoms. The standard InChI is InChI=1S/C30H31N3O2S/c1-20-9-11-21(12-10-20)18-31-30(34)33-19-25-24-6-3-4-8-27(24)36-29(25)32-17-5-7-26(32)28(33)22-13-15-23(35-2)16-14-22/h5,7,9-17,28H,3-4,6,8,18-19H2,1-2H3,(H,31,34)/t28-/m0/s1. The van der Waals surface area contributed by atoms with Crippen LogP contribution in [0.1, 0.15) is 57.3 Å². The third-order valence-corrected chi connectivity index (χ3v) is 8.77. The Bertz CT molecular complexity index is 1380. The van der Waals surface area contributed by atoms with Crippen LogP contribution in [0.25, 0.3) is 5.00 Å². The maximum atomic E-state index is 13.9. The molecule has 0 saturated heterocycles. The van der Waals surface area contributed by atoms with Gasteiger partial charge in [-0.05, 0) is 73.6 Å². The third kappa shape index (κ3) is 4.09. The number of urea groups is 1. The van der Waals surface area contributed by atoms with E-state index in [0.717, 1.165) is 35.4 Å². The summed E-state index contributed by atoms with van der Waals surface area (Å²) in [6.07, 6.45) is 6.87. The van der Waals surface area contributed by atoms with E-state index < -0.39 is 0 Å². The van der Waals surface area contributed by atoms with Crippen LogP contribution in [-0.4, -0.2) is 22.6 Å². The molecule has 3 heterocycles. The third-order valence-electron chi connectivity index (χ3n) is 7.44. The average Bonchev–Trinajstić information content (AvgIpc) is 3.50. The van der Waals surface area contributed by atoms with Gasteiger partial charge in [0.25, 0.3) is 0 Å². The molecule has 0 unspecified atom stereocenters. The first-order valence-corrected chi connectivity index (χ1v) is 13.5. The van der Waals surface area contributed by atoms with Gasteiger partial charge >= 0.3 is 6.03 Å². The molecule has 2 amide bonds. The molecule has 1 aliphatic carbocycles. The van der Waals surface area contributed by atoms with E-state index in [1.165, 1.54) is 39.4 Å². The first kappa shape index (κ1) is 22.9. The molecular weight excluding hydrogens is 466 g/mol. The summed E-state index contributed by atoms with van der Waals surface area (Å²) in [6.45, 7) is 3.17. The fourth-order valence-electron chi connectivity index (χ4n) is 5.51. The minimum Gasteiger partial charge on any atom is -0.497 e. The minimum atomic E-state index is -0.206. The molecule has 2 aromatic heterocycles. The van der Waals surface area contributed by atoms with Gasteiger partial charge in [-0.2, -0.15) is 0 Å². The molecule has 4 aromatic rings. The van der Waals surface area contributed by atoms with Crippen molar-refractivity contribution in [3.63, 3.8) is 0 Å². The Morgan fingerprint density at radius 1 is 1.03 bits per heavy atom. The number of nitrogens with one attached hydrogen (secondary N) is 1. The Hall–Kier alpha value is -3.51. The lowest BCUT2D eigenvalue weighted by molar-refractivity contribution is 0.180. The molecule has 0 spiro atoms. The van der Waals surface area contributed by atoms with E-state index in [-0.39, 0.29) is 12.1 Å². The van der Waals surface area contributed by atoms with Gasteiger partial charge in [0.05, 0.1) is 25.4 Å². The highest BCUT2D eigenvalue weighted by Crippen LogP contribution is 2.44. The molecule has 0 bridgehead atoms. The topological polar surface area (TPSA) is 46.5 Å². The van der Waals surface area contributed by atoms with Gasteiger partial charge in [-0.3, -0.25) is 0 Å². The van der Waals surface area contributed by atoms with Crippen LogP contribution in [0.15, 0.2) is 66.9 Å². The van der Waals surface area contributed by atoms with Crippen molar-refractivity contribution in [1.82, 2.24) is 14.8 Å². The number of carbonyl (C=O) groups excluding carboxylic acids is 1. The number of benzene rings is 2. The van der Waals surface area contributed by atoms with Gasteiger partial charge in [-0.1, -0.05) is 42.0 Å². The fourth-order valence-corrected chi connectivity index (χ4v) is 6.91. The summed E-state index contributed by atoms with van der Waals surface area (Å²) in [7, 11) is 1.68. The zero-order valence-electron chi connectivity index (χ0n) is 20.8. The zero-order valence-corrected chi connectivity index (χ0v) is 21.6. The molecule has 5 nitrogen and oxygen atoms in total. The van der Waals surface area contributed by atoms with Gasteiger partial charge in [0.15, 0.2) is 0 Å². The summed E-state index contributed by atoms with van der Waals surface area (Å²) in [6, 6.07) is 20.5. The number of ether oxygens (including phenoxy) is 1. The van der Waals surface area contributed by atoms with Crippen molar-refractivity contribution in [1.29, 1.82) is 0 Å². The number of nitrogens with zero attached hydrogens (tertiary/aromatic N) is 2. The van der Waals surface area contributed by atoms with Crippen molar-refractivity contribution in [3.8, 4) is 10.8 Å². The first-order valence-electron chi connectivity index (χ1n) is 12.7. The van der Waals surface area contributed by atoms with E-state index in [0.29, 0.717) is 13.1 Å². The molecule has 6 heteroatoms. The van der Waals surface area contributed by atoms with E-state index in [1.54, 1.807) is 7.11 Å². The SMILES string of the molecule is COc1ccc([C@H]2c3cccn3-c3sc4c(c3CN2C(=O)NCc2ccc(C)cc2)CCCC4)cc1. The second-order valence-corrected chi connectivity index (χ2v) is 10.8. The van der Waals surface area contributed by atoms with E-state index in [1.807, 2.05) is 28.4 Å². The minimum absolute atomic E-state index is 0.0484. The largest absolute Gasteiger partial charge is 0.497 e. The van der Waals surface area contributed by atoms with Crippen molar-refractivity contribution < 1.29 is 9.53 Å². The summed E-state index contributed by atoms with van der Waals surface area (Å²) < 4.78 is 7.73. The van der Waals surface area contributed by atoms with E-state index in [4.69, 9.17) is 4.74 Å². The van der Waals surface area contributed by atoms with Crippen molar-refractivity contribution in [2.24, 2.45) is 0 Å². The van der Waals surface area contributed by atoms with Crippen LogP contribution < -0.4 is 10.1 Å². The number of rotatable bonds is 4. The Kier molecular flexibility index (Phi) is 6.05. The van der Waals surface area contributed by atoms with Gasteiger partial charge in [0.2, 0.25) is 0 Å². The van der Waals surface area contributed by atoms with E-state index in [2.05, 4.69) is 71.5 Å². The van der Waals surface area contributed by atoms with Gasteiger partial charge in [0, 0.05) is 23.2 Å². The summed E-state index contributed by atoms with van der Waals surface area (Å²) >= 11 is 1.91. The Balaban J connectivity index is 1.42. The predicted octanol–water partition coefficient (Wildman–Crippen LogP) is 6.55. The first-order chi connectivity index (χ1) is 17.6. The predicted molar refractivity (Wildman–Crippen MR) is 144 cm³/mol. The van der Waals surface area contributed by atoms with Crippen molar-refractivity contribution in [2.75, 3.05) is 7.11 Å². The molecule has 2 aromatic carbocycles. The summed E-state index contributed by atoms with van der Waals surface area (Å²) in [5, 5.41) is 4.49. The lowest BCUT2D eigenvalue weighted by atomic mass is 9.95. The highest BCUT2D eigenvalue weighted by atomic mass is 32.1. The molecule has 0 radical (unpaired) electrons. The second-order valence-electron chi connectivity index (χ2n) is 9.75. The van der Waals surface area contributed by atoms with Gasteiger partial charge in [-0.25, -0.2) is 4.79 Å². The Morgan fingerprint density at radius 2 is 1.81 bits per heavy atom. The van der Waals surface area contributed by atoms with Crippen molar-refractivity contribution in [3.05, 3.63) is 105 Å². The highest BCUT2D eigenvalue weighted by Gasteiger charge is 2.36. The number of methoxy groups -OCH3 is 1. The lowest BCUT2D eigenvalue weighted by Crippen LogP contribution is -2.41. The molecule has 184 valence electrons. The second kappa shape index (κ2) is 9.51. The van der Waals surface area contributed by atoms with Crippen LogP contribution in [0, 0.1) is 6.92 Å². The number of fused-ring (bicyclic) bond motifs is 5. The summed E-state index contributed by atoms with van der Waals surface area (Å²) in [5.41, 5.74) is 7.28. The summed E-state index contributed by atoms with van der Waals surface area (Å²) in [4.78, 5) is 17.4. The van der Waals surface area contributed by atoms with E-state index in [9.17, 15) is 4.79 Å². The number of aromatic nitrogens is 1. The Labute approximate surface area is 216 Å². The monoisotopic (exact) mass is 497 g/mol. The average molecular weight is 498 g/mol. The van der Waals surface area contributed by atoms with Crippen LogP contribution in [0.4, 0.5) is 4.79 Å². The van der Waals surface area contributed by atoms with Crippen LogP contribution in [-0.2, 0) is 25.9 Å². The summed E-state index contributed by atoms with van der Waals surface area (Å²) in [5.74, 6) is 0.811. The van der Waals surface area contributed by atoms with Gasteiger partial charge in [-0.15, -0.1) is 11.3 Å². The van der Waals surface area contributed by atoms with Crippen LogP contribution in [0.3, 0.4) is 0 Å². The van der Waals surface area contributed by atoms with Crippen LogP contribution in [0.2, 0.25) is 0 Å². The maximum Gasteiger partial charge on any atom is 0.318 e. The highest BCUT2D eigenvalue weighted by molar-refractivity contribution is 7.15. The maximum absolute atomic E-state index is 13.9. The Morgan fingerprint density at radius 3 is 2.58 bits per heavy atom. The van der Waals surface area contributed by atoms with Crippen LogP contribution in [0.5, 0.6) is 5.75 Å². The van der Waals surface area contributed by atoms with Crippen LogP contribution >= 0.6 is 11.3 Å². The molecular formula is C30H31N3O2S.